The second-order valence-corrected chi connectivity index (χ2v) is 13.2. The van der Waals surface area contributed by atoms with Crippen LogP contribution in [0.2, 0.25) is 0 Å². The summed E-state index contributed by atoms with van der Waals surface area (Å²) in [5.74, 6) is -0.586. The van der Waals surface area contributed by atoms with Crippen LogP contribution in [-0.4, -0.2) is 17.3 Å². The zero-order valence-corrected chi connectivity index (χ0v) is 26.4. The van der Waals surface area contributed by atoms with Gasteiger partial charge in [-0.05, 0) is 85.1 Å². The van der Waals surface area contributed by atoms with E-state index in [1.54, 1.807) is 0 Å². The Morgan fingerprint density at radius 3 is 2.24 bits per heavy atom. The van der Waals surface area contributed by atoms with E-state index in [9.17, 15) is 14.4 Å². The zero-order chi connectivity index (χ0) is 30.4. The molecule has 3 nitrogen and oxygen atoms in total. The molecule has 42 heavy (non-hydrogen) atoms. The first-order valence-corrected chi connectivity index (χ1v) is 15.8. The van der Waals surface area contributed by atoms with Gasteiger partial charge in [-0.25, -0.2) is 0 Å². The molecule has 0 heterocycles. The summed E-state index contributed by atoms with van der Waals surface area (Å²) >= 11 is 0. The van der Waals surface area contributed by atoms with Crippen LogP contribution in [0.15, 0.2) is 72.8 Å². The van der Waals surface area contributed by atoms with E-state index in [0.717, 1.165) is 41.5 Å². The van der Waals surface area contributed by atoms with Crippen molar-refractivity contribution in [3.8, 4) is 0 Å². The Bertz CT molecular complexity index is 1400. The maximum atomic E-state index is 14.3. The number of carbonyl (C=O) groups excluding carboxylic acids is 3. The van der Waals surface area contributed by atoms with Crippen molar-refractivity contribution in [2.45, 2.75) is 86.5 Å². The molecule has 1 aliphatic rings. The van der Waals surface area contributed by atoms with Crippen molar-refractivity contribution in [2.75, 3.05) is 0 Å². The second kappa shape index (κ2) is 13.8. The van der Waals surface area contributed by atoms with Gasteiger partial charge in [-0.3, -0.25) is 14.4 Å². The number of hydrogen-bond acceptors (Lipinski definition) is 3. The molecule has 0 bridgehead atoms. The number of Topliss-reactive ketones (excluding diaryl/α,β-unsaturated/α-hetero) is 3. The minimum absolute atomic E-state index is 0.0887. The lowest BCUT2D eigenvalue weighted by Crippen LogP contribution is -2.38. The molecule has 0 saturated heterocycles. The summed E-state index contributed by atoms with van der Waals surface area (Å²) in [7, 11) is 0. The lowest BCUT2D eigenvalue weighted by atomic mass is 9.70. The largest absolute Gasteiger partial charge is 0.299 e. The van der Waals surface area contributed by atoms with Crippen LogP contribution in [0.1, 0.15) is 91.6 Å². The van der Waals surface area contributed by atoms with Crippen molar-refractivity contribution in [3.05, 3.63) is 106 Å². The average Bonchev–Trinajstić information content (AvgIpc) is 3.31. The van der Waals surface area contributed by atoms with Gasteiger partial charge in [-0.1, -0.05) is 100 Å². The first kappa shape index (κ1) is 31.6. The van der Waals surface area contributed by atoms with Gasteiger partial charge in [-0.2, -0.15) is 0 Å². The lowest BCUT2D eigenvalue weighted by molar-refractivity contribution is -0.136. The minimum Gasteiger partial charge on any atom is -0.299 e. The van der Waals surface area contributed by atoms with E-state index in [1.165, 1.54) is 11.1 Å². The van der Waals surface area contributed by atoms with Crippen LogP contribution < -0.4 is 0 Å². The Balaban J connectivity index is 1.56. The highest BCUT2D eigenvalue weighted by Crippen LogP contribution is 2.49. The van der Waals surface area contributed by atoms with Gasteiger partial charge in [0.1, 0.15) is 11.6 Å². The van der Waals surface area contributed by atoms with Crippen molar-refractivity contribution < 1.29 is 14.4 Å². The van der Waals surface area contributed by atoms with Gasteiger partial charge in [0.25, 0.3) is 0 Å². The highest BCUT2D eigenvalue weighted by atomic mass is 16.1. The van der Waals surface area contributed by atoms with Gasteiger partial charge >= 0.3 is 0 Å². The number of ketones is 3. The molecule has 4 rings (SSSR count). The van der Waals surface area contributed by atoms with E-state index < -0.39 is 0 Å². The highest BCUT2D eigenvalue weighted by molar-refractivity contribution is 5.98. The average molecular weight is 565 g/mol. The van der Waals surface area contributed by atoms with Crippen molar-refractivity contribution in [1.29, 1.82) is 0 Å². The Hall–Kier alpha value is -3.33. The van der Waals surface area contributed by atoms with Gasteiger partial charge in [0.05, 0.1) is 0 Å². The SMILES string of the molecule is CCc1ccccc1CCC(=O)C1C(C(=O)C(C)C(CC(=O)c2cccc(C)c2C)Cc2ccccc2)CCC1(C)C. The molecule has 1 fully saturated rings. The fourth-order valence-corrected chi connectivity index (χ4v) is 7.23. The summed E-state index contributed by atoms with van der Waals surface area (Å²) in [6.45, 7) is 12.5. The van der Waals surface area contributed by atoms with Crippen LogP contribution in [0.4, 0.5) is 0 Å². The zero-order valence-electron chi connectivity index (χ0n) is 26.4. The van der Waals surface area contributed by atoms with E-state index in [1.807, 2.05) is 63.2 Å². The molecule has 0 aliphatic heterocycles. The first-order valence-electron chi connectivity index (χ1n) is 15.8. The molecule has 3 aromatic carbocycles. The third-order valence-corrected chi connectivity index (χ3v) is 10.0. The summed E-state index contributed by atoms with van der Waals surface area (Å²) in [6.07, 6.45) is 4.70. The highest BCUT2D eigenvalue weighted by Gasteiger charge is 2.49. The van der Waals surface area contributed by atoms with Gasteiger partial charge in [-0.15, -0.1) is 0 Å². The number of carbonyl (C=O) groups is 3. The molecule has 0 aromatic heterocycles. The summed E-state index contributed by atoms with van der Waals surface area (Å²) in [4.78, 5) is 41.8. The van der Waals surface area contributed by atoms with E-state index in [-0.39, 0.29) is 46.4 Å². The quantitative estimate of drug-likeness (QED) is 0.195. The Morgan fingerprint density at radius 2 is 1.55 bits per heavy atom. The van der Waals surface area contributed by atoms with Crippen molar-refractivity contribution in [1.82, 2.24) is 0 Å². The molecule has 1 saturated carbocycles. The van der Waals surface area contributed by atoms with Crippen LogP contribution in [0.25, 0.3) is 0 Å². The Kier molecular flexibility index (Phi) is 10.4. The molecule has 0 spiro atoms. The smallest absolute Gasteiger partial charge is 0.163 e. The molecule has 222 valence electrons. The molecule has 0 amide bonds. The van der Waals surface area contributed by atoms with E-state index >= 15 is 0 Å². The molecule has 1 aliphatic carbocycles. The lowest BCUT2D eigenvalue weighted by Gasteiger charge is -2.32. The number of benzene rings is 3. The molecular weight excluding hydrogens is 516 g/mol. The predicted octanol–water partition coefficient (Wildman–Crippen LogP) is 8.76. The molecule has 0 radical (unpaired) electrons. The van der Waals surface area contributed by atoms with Crippen LogP contribution >= 0.6 is 0 Å². The van der Waals surface area contributed by atoms with Crippen LogP contribution in [0, 0.1) is 42.9 Å². The number of rotatable bonds is 13. The Morgan fingerprint density at radius 1 is 0.881 bits per heavy atom. The fourth-order valence-electron chi connectivity index (χ4n) is 7.23. The van der Waals surface area contributed by atoms with Gasteiger partial charge in [0.2, 0.25) is 0 Å². The van der Waals surface area contributed by atoms with E-state index in [0.29, 0.717) is 25.7 Å². The third-order valence-electron chi connectivity index (χ3n) is 10.0. The minimum atomic E-state index is -0.325. The monoisotopic (exact) mass is 564 g/mol. The van der Waals surface area contributed by atoms with Crippen molar-refractivity contribution in [3.63, 3.8) is 0 Å². The number of hydrogen-bond donors (Lipinski definition) is 0. The molecule has 4 atom stereocenters. The van der Waals surface area contributed by atoms with Crippen molar-refractivity contribution >= 4 is 17.3 Å². The van der Waals surface area contributed by atoms with Crippen LogP contribution in [0.5, 0.6) is 0 Å². The van der Waals surface area contributed by atoms with Gasteiger partial charge in [0.15, 0.2) is 5.78 Å². The predicted molar refractivity (Wildman–Crippen MR) is 172 cm³/mol. The van der Waals surface area contributed by atoms with Gasteiger partial charge < -0.3 is 0 Å². The first-order chi connectivity index (χ1) is 20.0. The molecule has 3 aromatic rings. The summed E-state index contributed by atoms with van der Waals surface area (Å²) < 4.78 is 0. The standard InChI is InChI=1S/C39H48O3/c1-7-30-17-11-12-18-31(30)20-21-35(40)37-34(22-23-39(37,5)6)38(42)28(4)32(24-29-15-9-8-10-16-29)25-36(41)33-19-13-14-26(2)27(33)3/h8-19,28,32,34,37H,7,20-25H2,1-6H3. The molecule has 4 unspecified atom stereocenters. The van der Waals surface area contributed by atoms with Gasteiger partial charge in [0, 0.05) is 36.2 Å². The maximum Gasteiger partial charge on any atom is 0.163 e. The summed E-state index contributed by atoms with van der Waals surface area (Å²) in [5.41, 5.74) is 6.28. The van der Waals surface area contributed by atoms with Crippen LogP contribution in [-0.2, 0) is 28.9 Å². The maximum absolute atomic E-state index is 14.3. The normalized spacial score (nSPS) is 19.3. The van der Waals surface area contributed by atoms with Crippen LogP contribution in [0.3, 0.4) is 0 Å². The molecule has 3 heteroatoms. The number of aryl methyl sites for hydroxylation is 3. The third kappa shape index (κ3) is 7.17. The molecule has 0 N–H and O–H groups in total. The summed E-state index contributed by atoms with van der Waals surface area (Å²) in [6, 6.07) is 24.4. The second-order valence-electron chi connectivity index (χ2n) is 13.2. The topological polar surface area (TPSA) is 51.2 Å². The Labute approximate surface area is 253 Å². The van der Waals surface area contributed by atoms with E-state index in [2.05, 4.69) is 51.1 Å². The molecular formula is C39H48O3. The summed E-state index contributed by atoms with van der Waals surface area (Å²) in [5, 5.41) is 0. The van der Waals surface area contributed by atoms with E-state index in [4.69, 9.17) is 0 Å². The fraction of sp³-hybridized carbons (Fsp3) is 0.462. The van der Waals surface area contributed by atoms with Crippen molar-refractivity contribution in [2.24, 2.45) is 29.1 Å².